The van der Waals surface area contributed by atoms with E-state index in [2.05, 4.69) is 30.6 Å². The van der Waals surface area contributed by atoms with Gasteiger partial charge in [0.15, 0.2) is 0 Å². The number of rotatable bonds is 4. The molecule has 0 aromatic heterocycles. The maximum atomic E-state index is 13.1. The quantitative estimate of drug-likeness (QED) is 0.431. The molecule has 2 aliphatic rings. The number of hydrogen-bond donors (Lipinski definition) is 0. The highest BCUT2D eigenvalue weighted by molar-refractivity contribution is 6.31. The lowest BCUT2D eigenvalue weighted by molar-refractivity contribution is -0.137. The van der Waals surface area contributed by atoms with Crippen LogP contribution in [0.5, 0.6) is 0 Å². The van der Waals surface area contributed by atoms with E-state index in [1.54, 1.807) is 6.07 Å². The minimum absolute atomic E-state index is 0.0259. The summed E-state index contributed by atoms with van der Waals surface area (Å²) in [6.45, 7) is 5.33. The van der Waals surface area contributed by atoms with Crippen molar-refractivity contribution in [2.24, 2.45) is 11.8 Å². The van der Waals surface area contributed by atoms with E-state index in [1.807, 2.05) is 0 Å². The summed E-state index contributed by atoms with van der Waals surface area (Å²) in [7, 11) is 0. The van der Waals surface area contributed by atoms with Gasteiger partial charge in [-0.15, -0.1) is 0 Å². The van der Waals surface area contributed by atoms with E-state index in [0.29, 0.717) is 11.8 Å². The van der Waals surface area contributed by atoms with Crippen LogP contribution in [0.4, 0.5) is 13.2 Å². The molecule has 0 unspecified atom stereocenters. The third-order valence-electron chi connectivity index (χ3n) is 6.39. The highest BCUT2D eigenvalue weighted by Crippen LogP contribution is 2.40. The third-order valence-corrected chi connectivity index (χ3v) is 6.71. The first-order valence-electron chi connectivity index (χ1n) is 11.4. The Morgan fingerprint density at radius 2 is 1.77 bits per heavy atom. The fraction of sp³-hybridized carbons (Fsp3) is 0.680. The Hall–Kier alpha value is -1.18. The zero-order valence-electron chi connectivity index (χ0n) is 18.1. The molecule has 1 saturated carbocycles. The van der Waals surface area contributed by atoms with Crippen LogP contribution in [-0.4, -0.2) is 17.5 Å². The van der Waals surface area contributed by atoms with Crippen LogP contribution in [0.25, 0.3) is 0 Å². The maximum Gasteiger partial charge on any atom is 0.416 e. The standard InChI is InChI=1S/C25H33ClF3N/c1-18(2)16-21(13-11-19-8-4-3-5-9-19)30-15-7-6-10-24(30)22-14-12-20(17-23(22)26)25(27,28)29/h12,14,17-19,21,24H,3-10,15-16H2,1-2H3/t21-,24+/m1/s1. The van der Waals surface area contributed by atoms with Gasteiger partial charge in [0.25, 0.3) is 0 Å². The summed E-state index contributed by atoms with van der Waals surface area (Å²) >= 11 is 6.38. The average Bonchev–Trinajstić information content (AvgIpc) is 2.71. The molecule has 1 heterocycles. The number of hydrogen-bond acceptors (Lipinski definition) is 1. The Bertz CT molecular complexity index is 756. The second-order valence-corrected chi connectivity index (χ2v) is 9.66. The molecule has 5 heteroatoms. The molecular formula is C25H33ClF3N. The predicted octanol–water partition coefficient (Wildman–Crippen LogP) is 7.88. The van der Waals surface area contributed by atoms with Gasteiger partial charge in [0.05, 0.1) is 11.6 Å². The first kappa shape index (κ1) is 23.5. The molecule has 1 aliphatic heterocycles. The summed E-state index contributed by atoms with van der Waals surface area (Å²) in [5.41, 5.74) is 0.118. The van der Waals surface area contributed by atoms with Crippen molar-refractivity contribution in [1.82, 2.24) is 4.90 Å². The van der Waals surface area contributed by atoms with Gasteiger partial charge in [-0.1, -0.05) is 69.0 Å². The largest absolute Gasteiger partial charge is 0.416 e. The van der Waals surface area contributed by atoms with Gasteiger partial charge in [0, 0.05) is 17.0 Å². The normalized spacial score (nSPS) is 22.6. The van der Waals surface area contributed by atoms with Gasteiger partial charge in [-0.3, -0.25) is 4.90 Å². The van der Waals surface area contributed by atoms with Crippen molar-refractivity contribution in [3.63, 3.8) is 0 Å². The van der Waals surface area contributed by atoms with Crippen molar-refractivity contribution in [2.75, 3.05) is 6.54 Å². The van der Waals surface area contributed by atoms with Gasteiger partial charge in [0.2, 0.25) is 0 Å². The minimum Gasteiger partial charge on any atom is -0.283 e. The molecule has 166 valence electrons. The molecule has 1 aromatic rings. The topological polar surface area (TPSA) is 3.24 Å². The first-order chi connectivity index (χ1) is 14.3. The molecule has 0 bridgehead atoms. The van der Waals surface area contributed by atoms with Crippen LogP contribution in [-0.2, 0) is 6.18 Å². The summed E-state index contributed by atoms with van der Waals surface area (Å²) in [4.78, 5) is 2.41. The molecule has 2 fully saturated rings. The molecule has 0 amide bonds. The number of alkyl halides is 3. The Kier molecular flexibility index (Phi) is 8.16. The second-order valence-electron chi connectivity index (χ2n) is 9.25. The molecule has 1 aromatic carbocycles. The molecule has 3 rings (SSSR count). The van der Waals surface area contributed by atoms with Gasteiger partial charge >= 0.3 is 6.18 Å². The highest BCUT2D eigenvalue weighted by Gasteiger charge is 2.34. The smallest absolute Gasteiger partial charge is 0.283 e. The first-order valence-corrected chi connectivity index (χ1v) is 11.8. The second kappa shape index (κ2) is 10.4. The number of nitrogens with zero attached hydrogens (tertiary/aromatic N) is 1. The molecule has 2 atom stereocenters. The van der Waals surface area contributed by atoms with Gasteiger partial charge in [-0.25, -0.2) is 0 Å². The summed E-state index contributed by atoms with van der Waals surface area (Å²) < 4.78 is 39.2. The molecule has 1 saturated heterocycles. The van der Waals surface area contributed by atoms with Crippen LogP contribution < -0.4 is 0 Å². The zero-order valence-corrected chi connectivity index (χ0v) is 18.8. The maximum absolute atomic E-state index is 13.1. The van der Waals surface area contributed by atoms with Crippen LogP contribution in [0.15, 0.2) is 18.2 Å². The number of likely N-dealkylation sites (tertiary alicyclic amines) is 1. The summed E-state index contributed by atoms with van der Waals surface area (Å²) in [5.74, 6) is 8.16. The van der Waals surface area contributed by atoms with Crippen molar-refractivity contribution in [3.8, 4) is 11.8 Å². The van der Waals surface area contributed by atoms with E-state index in [-0.39, 0.29) is 17.1 Å². The van der Waals surface area contributed by atoms with E-state index in [4.69, 9.17) is 11.6 Å². The molecular weight excluding hydrogens is 407 g/mol. The lowest BCUT2D eigenvalue weighted by Crippen LogP contribution is -2.41. The Balaban J connectivity index is 1.87. The Morgan fingerprint density at radius 1 is 1.07 bits per heavy atom. The summed E-state index contributed by atoms with van der Waals surface area (Å²) in [5, 5.41) is 0.213. The Labute approximate surface area is 184 Å². The van der Waals surface area contributed by atoms with Crippen LogP contribution in [0, 0.1) is 23.7 Å². The van der Waals surface area contributed by atoms with Crippen molar-refractivity contribution in [2.45, 2.75) is 89.9 Å². The van der Waals surface area contributed by atoms with Gasteiger partial charge in [-0.2, -0.15) is 13.2 Å². The lowest BCUT2D eigenvalue weighted by atomic mass is 9.88. The summed E-state index contributed by atoms with van der Waals surface area (Å²) in [6.07, 6.45) is 5.87. The molecule has 0 N–H and O–H groups in total. The van der Waals surface area contributed by atoms with E-state index in [1.165, 1.54) is 38.2 Å². The summed E-state index contributed by atoms with van der Waals surface area (Å²) in [6, 6.07) is 3.97. The third kappa shape index (κ3) is 6.17. The number of benzene rings is 1. The van der Waals surface area contributed by atoms with Gasteiger partial charge < -0.3 is 0 Å². The monoisotopic (exact) mass is 439 g/mol. The van der Waals surface area contributed by atoms with Crippen LogP contribution in [0.2, 0.25) is 5.02 Å². The van der Waals surface area contributed by atoms with Crippen molar-refractivity contribution < 1.29 is 13.2 Å². The lowest BCUT2D eigenvalue weighted by Gasteiger charge is -2.40. The molecule has 0 spiro atoms. The predicted molar refractivity (Wildman–Crippen MR) is 117 cm³/mol. The zero-order chi connectivity index (χ0) is 21.7. The molecule has 1 nitrogen and oxygen atoms in total. The van der Waals surface area contributed by atoms with E-state index in [0.717, 1.165) is 43.9 Å². The van der Waals surface area contributed by atoms with E-state index >= 15 is 0 Å². The van der Waals surface area contributed by atoms with Crippen LogP contribution in [0.3, 0.4) is 0 Å². The number of piperidine rings is 1. The van der Waals surface area contributed by atoms with Crippen molar-refractivity contribution in [3.05, 3.63) is 34.3 Å². The number of halogens is 4. The SMILES string of the molecule is CC(C)C[C@@H](C#CC1CCCCC1)N1CCCC[C@H]1c1ccc(C(F)(F)F)cc1Cl. The minimum atomic E-state index is -4.37. The van der Waals surface area contributed by atoms with Crippen LogP contribution in [0.1, 0.15) is 88.8 Å². The fourth-order valence-electron chi connectivity index (χ4n) is 4.82. The molecule has 30 heavy (non-hydrogen) atoms. The van der Waals surface area contributed by atoms with E-state index < -0.39 is 11.7 Å². The van der Waals surface area contributed by atoms with E-state index in [9.17, 15) is 13.2 Å². The van der Waals surface area contributed by atoms with Crippen molar-refractivity contribution in [1.29, 1.82) is 0 Å². The van der Waals surface area contributed by atoms with Crippen molar-refractivity contribution >= 4 is 11.6 Å². The Morgan fingerprint density at radius 3 is 2.40 bits per heavy atom. The molecule has 0 radical (unpaired) electrons. The highest BCUT2D eigenvalue weighted by atomic mass is 35.5. The molecule has 1 aliphatic carbocycles. The average molecular weight is 440 g/mol. The van der Waals surface area contributed by atoms with Crippen LogP contribution >= 0.6 is 11.6 Å². The fourth-order valence-corrected chi connectivity index (χ4v) is 5.13. The van der Waals surface area contributed by atoms with Gasteiger partial charge in [-0.05, 0) is 62.3 Å². The van der Waals surface area contributed by atoms with Gasteiger partial charge in [0.1, 0.15) is 0 Å².